The summed E-state index contributed by atoms with van der Waals surface area (Å²) >= 11 is 0. The highest BCUT2D eigenvalue weighted by Gasteiger charge is 2.36. The maximum absolute atomic E-state index is 13.4. The van der Waals surface area contributed by atoms with E-state index in [2.05, 4.69) is 25.7 Å². The number of alkyl halides is 4. The smallest absolute Gasteiger partial charge is 0.270 e. The summed E-state index contributed by atoms with van der Waals surface area (Å²) in [5, 5.41) is 8.38. The van der Waals surface area contributed by atoms with Crippen LogP contribution in [0.1, 0.15) is 43.6 Å². The number of halogens is 4. The monoisotopic (exact) mass is 586 g/mol. The summed E-state index contributed by atoms with van der Waals surface area (Å²) < 4.78 is 61.4. The predicted molar refractivity (Wildman–Crippen MR) is 140 cm³/mol. The molecule has 2 heterocycles. The number of ether oxygens (including phenoxy) is 2. The molecule has 0 aliphatic carbocycles. The summed E-state index contributed by atoms with van der Waals surface area (Å²) in [6.45, 7) is 2.84. The molecule has 1 aromatic heterocycles. The van der Waals surface area contributed by atoms with Crippen LogP contribution >= 0.6 is 0 Å². The third-order valence-electron chi connectivity index (χ3n) is 6.72. The van der Waals surface area contributed by atoms with Crippen molar-refractivity contribution in [3.8, 4) is 5.75 Å². The molecule has 1 fully saturated rings. The van der Waals surface area contributed by atoms with Crippen molar-refractivity contribution in [3.63, 3.8) is 0 Å². The SMILES string of the molecule is COc1cccc2[nH]c(C(=O)N[C@@H](CC(C)C)C(=O)N[C@@H](C[C@@H]3CCNC3=O)C(=O)COC(C(F)F)C(F)F)cc12. The van der Waals surface area contributed by atoms with Crippen molar-refractivity contribution in [1.29, 1.82) is 0 Å². The zero-order valence-electron chi connectivity index (χ0n) is 22.8. The van der Waals surface area contributed by atoms with Crippen molar-refractivity contribution < 1.29 is 46.2 Å². The zero-order chi connectivity index (χ0) is 30.3. The van der Waals surface area contributed by atoms with Crippen LogP contribution in [0.3, 0.4) is 0 Å². The van der Waals surface area contributed by atoms with Gasteiger partial charge in [-0.3, -0.25) is 19.2 Å². The Hall–Kier alpha value is -3.68. The molecule has 1 aliphatic rings. The van der Waals surface area contributed by atoms with Gasteiger partial charge in [0.25, 0.3) is 18.8 Å². The van der Waals surface area contributed by atoms with Crippen molar-refractivity contribution in [3.05, 3.63) is 30.0 Å². The van der Waals surface area contributed by atoms with Crippen LogP contribution in [0.4, 0.5) is 17.6 Å². The normalized spacial score (nSPS) is 16.9. The van der Waals surface area contributed by atoms with Gasteiger partial charge in [-0.15, -0.1) is 0 Å². The second-order valence-electron chi connectivity index (χ2n) is 10.2. The lowest BCUT2D eigenvalue weighted by atomic mass is 9.95. The van der Waals surface area contributed by atoms with E-state index < -0.39 is 61.2 Å². The molecule has 0 spiro atoms. The number of amides is 3. The average molecular weight is 587 g/mol. The number of carbonyl (C=O) groups is 4. The molecule has 0 unspecified atom stereocenters. The van der Waals surface area contributed by atoms with E-state index in [9.17, 15) is 36.7 Å². The van der Waals surface area contributed by atoms with Gasteiger partial charge in [0, 0.05) is 23.4 Å². The number of nitrogens with one attached hydrogen (secondary N) is 4. The molecule has 0 radical (unpaired) electrons. The third kappa shape index (κ3) is 8.41. The van der Waals surface area contributed by atoms with Gasteiger partial charge in [0.05, 0.1) is 13.2 Å². The van der Waals surface area contributed by atoms with E-state index in [1.807, 2.05) is 13.8 Å². The fourth-order valence-corrected chi connectivity index (χ4v) is 4.60. The fourth-order valence-electron chi connectivity index (χ4n) is 4.60. The van der Waals surface area contributed by atoms with E-state index in [1.54, 1.807) is 24.3 Å². The first-order valence-electron chi connectivity index (χ1n) is 13.2. The Labute approximate surface area is 233 Å². The Balaban J connectivity index is 1.77. The molecule has 14 heteroatoms. The Morgan fingerprint density at radius 2 is 1.78 bits per heavy atom. The van der Waals surface area contributed by atoms with E-state index in [0.29, 0.717) is 29.6 Å². The summed E-state index contributed by atoms with van der Waals surface area (Å²) in [5.41, 5.74) is 0.783. The van der Waals surface area contributed by atoms with E-state index >= 15 is 0 Å². The summed E-state index contributed by atoms with van der Waals surface area (Å²) in [6, 6.07) is 4.25. The number of H-pyrrole nitrogens is 1. The standard InChI is InChI=1S/C27H34F4N4O6/c1-13(2)9-18(35-27(39)19-11-15-16(33-19)5-4-6-21(15)40-3)26(38)34-17(10-14-7-8-32-25(14)37)20(36)12-41-22(23(28)29)24(30)31/h4-6,11,13-14,17-18,22-24,33H,7-10,12H2,1-3H3,(H,32,37)(H,34,38)(H,35,39)/t14-,17-,18-/m0/s1. The molecule has 4 N–H and O–H groups in total. The summed E-state index contributed by atoms with van der Waals surface area (Å²) in [6.07, 6.45) is -9.53. The Kier molecular flexibility index (Phi) is 11.1. The number of rotatable bonds is 15. The molecule has 1 aliphatic heterocycles. The van der Waals surface area contributed by atoms with E-state index in [1.165, 1.54) is 7.11 Å². The summed E-state index contributed by atoms with van der Waals surface area (Å²) in [5.74, 6) is -2.91. The number of fused-ring (bicyclic) bond motifs is 1. The maximum Gasteiger partial charge on any atom is 0.270 e. The van der Waals surface area contributed by atoms with Crippen molar-refractivity contribution in [2.45, 2.75) is 64.1 Å². The Morgan fingerprint density at radius 3 is 2.37 bits per heavy atom. The van der Waals surface area contributed by atoms with E-state index in [4.69, 9.17) is 4.74 Å². The van der Waals surface area contributed by atoms with Crippen molar-refractivity contribution >= 4 is 34.4 Å². The first kappa shape index (κ1) is 31.8. The van der Waals surface area contributed by atoms with Crippen LogP contribution < -0.4 is 20.7 Å². The first-order chi connectivity index (χ1) is 19.4. The molecule has 0 saturated carbocycles. The fraction of sp³-hybridized carbons (Fsp3) is 0.556. The van der Waals surface area contributed by atoms with Crippen LogP contribution in [0.2, 0.25) is 0 Å². The van der Waals surface area contributed by atoms with Gasteiger partial charge >= 0.3 is 0 Å². The van der Waals surface area contributed by atoms with Crippen LogP contribution in [0, 0.1) is 11.8 Å². The highest BCUT2D eigenvalue weighted by Crippen LogP contribution is 2.26. The number of methoxy groups -OCH3 is 1. The predicted octanol–water partition coefficient (Wildman–Crippen LogP) is 2.82. The van der Waals surface area contributed by atoms with Gasteiger partial charge in [-0.1, -0.05) is 19.9 Å². The quantitative estimate of drug-likeness (QED) is 0.237. The molecule has 226 valence electrons. The maximum atomic E-state index is 13.4. The molecule has 1 aromatic carbocycles. The largest absolute Gasteiger partial charge is 0.496 e. The van der Waals surface area contributed by atoms with Gasteiger partial charge in [-0.05, 0) is 43.4 Å². The topological polar surface area (TPSA) is 139 Å². The van der Waals surface area contributed by atoms with Gasteiger partial charge in [0.15, 0.2) is 11.9 Å². The van der Waals surface area contributed by atoms with E-state index in [-0.39, 0.29) is 30.4 Å². The van der Waals surface area contributed by atoms with Crippen LogP contribution in [-0.4, -0.2) is 79.8 Å². The number of carbonyl (C=O) groups excluding carboxylic acids is 4. The zero-order valence-corrected chi connectivity index (χ0v) is 22.8. The molecule has 3 rings (SSSR count). The second-order valence-corrected chi connectivity index (χ2v) is 10.2. The first-order valence-corrected chi connectivity index (χ1v) is 13.2. The van der Waals surface area contributed by atoms with Crippen molar-refractivity contribution in [2.75, 3.05) is 20.3 Å². The Morgan fingerprint density at radius 1 is 1.07 bits per heavy atom. The molecule has 1 saturated heterocycles. The van der Waals surface area contributed by atoms with Crippen LogP contribution in [0.5, 0.6) is 5.75 Å². The minimum atomic E-state index is -3.54. The van der Waals surface area contributed by atoms with Gasteiger partial charge in [0.2, 0.25) is 11.8 Å². The average Bonchev–Trinajstić information content (AvgIpc) is 3.53. The highest BCUT2D eigenvalue weighted by atomic mass is 19.3. The van der Waals surface area contributed by atoms with Gasteiger partial charge < -0.3 is 30.4 Å². The number of benzene rings is 1. The molecular weight excluding hydrogens is 552 g/mol. The second kappa shape index (κ2) is 14.3. The molecule has 0 bridgehead atoms. The van der Waals surface area contributed by atoms with Crippen LogP contribution in [-0.2, 0) is 19.1 Å². The third-order valence-corrected chi connectivity index (χ3v) is 6.72. The Bertz CT molecular complexity index is 1230. The number of hydrogen-bond donors (Lipinski definition) is 4. The minimum Gasteiger partial charge on any atom is -0.496 e. The number of Topliss-reactive ketones (excluding diaryl/α,β-unsaturated/α-hetero) is 1. The van der Waals surface area contributed by atoms with Crippen molar-refractivity contribution in [2.24, 2.45) is 11.8 Å². The molecule has 3 amide bonds. The minimum absolute atomic E-state index is 0.0789. The lowest BCUT2D eigenvalue weighted by Crippen LogP contribution is -2.53. The number of ketones is 1. The lowest BCUT2D eigenvalue weighted by Gasteiger charge is -2.25. The summed E-state index contributed by atoms with van der Waals surface area (Å²) in [7, 11) is 1.49. The highest BCUT2D eigenvalue weighted by molar-refractivity contribution is 6.02. The molecule has 3 atom stereocenters. The summed E-state index contributed by atoms with van der Waals surface area (Å²) in [4.78, 5) is 54.5. The van der Waals surface area contributed by atoms with Crippen LogP contribution in [0.25, 0.3) is 10.9 Å². The van der Waals surface area contributed by atoms with E-state index in [0.717, 1.165) is 0 Å². The molecule has 10 nitrogen and oxygen atoms in total. The lowest BCUT2D eigenvalue weighted by molar-refractivity contribution is -0.148. The molecular formula is C27H34F4N4O6. The van der Waals surface area contributed by atoms with Crippen molar-refractivity contribution in [1.82, 2.24) is 20.9 Å². The number of hydrogen-bond acceptors (Lipinski definition) is 6. The molecule has 2 aromatic rings. The van der Waals surface area contributed by atoms with Gasteiger partial charge in [-0.25, -0.2) is 17.6 Å². The molecule has 41 heavy (non-hydrogen) atoms. The number of aromatic nitrogens is 1. The number of aromatic amines is 1. The van der Waals surface area contributed by atoms with Crippen LogP contribution in [0.15, 0.2) is 24.3 Å². The van der Waals surface area contributed by atoms with Gasteiger partial charge in [-0.2, -0.15) is 0 Å². The van der Waals surface area contributed by atoms with Gasteiger partial charge in [0.1, 0.15) is 24.1 Å².